The molecule has 0 unspecified atom stereocenters. The molecule has 4 aromatic rings. The molecule has 0 bridgehead atoms. The lowest BCUT2D eigenvalue weighted by Gasteiger charge is -2.29. The third-order valence-corrected chi connectivity index (χ3v) is 5.32. The van der Waals surface area contributed by atoms with Gasteiger partial charge >= 0.3 is 11.6 Å². The van der Waals surface area contributed by atoms with Crippen molar-refractivity contribution in [3.05, 3.63) is 94.3 Å². The van der Waals surface area contributed by atoms with E-state index >= 15 is 0 Å². The molecular formula is C23H18N4O3. The maximum absolute atomic E-state index is 12.0. The number of anilines is 1. The standard InChI is InChI=1S/C23H18N4O3/c28-27(29)21-22(26-12-11-17-6-2-4-8-19(17)14-26)24-15-25-23(21)30-20-10-9-16-5-1-3-7-18(16)13-20/h1-10,13,15H,11-12,14H2. The molecule has 1 aliphatic heterocycles. The van der Waals surface area contributed by atoms with Gasteiger partial charge in [0.25, 0.3) is 0 Å². The number of rotatable bonds is 4. The summed E-state index contributed by atoms with van der Waals surface area (Å²) in [5.74, 6) is 0.713. The van der Waals surface area contributed by atoms with E-state index in [1.54, 1.807) is 6.07 Å². The van der Waals surface area contributed by atoms with Crippen LogP contribution in [0.3, 0.4) is 0 Å². The van der Waals surface area contributed by atoms with E-state index in [0.29, 0.717) is 18.8 Å². The van der Waals surface area contributed by atoms with Crippen molar-refractivity contribution in [1.82, 2.24) is 9.97 Å². The normalized spacial score (nSPS) is 13.1. The Morgan fingerprint density at radius 1 is 0.933 bits per heavy atom. The van der Waals surface area contributed by atoms with E-state index in [2.05, 4.69) is 16.0 Å². The van der Waals surface area contributed by atoms with Crippen LogP contribution in [0.15, 0.2) is 73.1 Å². The van der Waals surface area contributed by atoms with Crippen molar-refractivity contribution in [2.75, 3.05) is 11.4 Å². The Bertz CT molecular complexity index is 1260. The predicted molar refractivity (Wildman–Crippen MR) is 114 cm³/mol. The molecule has 1 aromatic heterocycles. The minimum absolute atomic E-state index is 0.0564. The van der Waals surface area contributed by atoms with Gasteiger partial charge in [-0.15, -0.1) is 0 Å². The molecule has 30 heavy (non-hydrogen) atoms. The van der Waals surface area contributed by atoms with Gasteiger partial charge in [-0.1, -0.05) is 54.6 Å². The first kappa shape index (κ1) is 18.1. The van der Waals surface area contributed by atoms with E-state index < -0.39 is 4.92 Å². The van der Waals surface area contributed by atoms with E-state index in [9.17, 15) is 10.1 Å². The molecule has 2 heterocycles. The maximum atomic E-state index is 12.0. The molecule has 7 heteroatoms. The highest BCUT2D eigenvalue weighted by Gasteiger charge is 2.30. The van der Waals surface area contributed by atoms with Crippen LogP contribution in [-0.4, -0.2) is 21.4 Å². The molecule has 0 saturated carbocycles. The summed E-state index contributed by atoms with van der Waals surface area (Å²) in [5, 5.41) is 14.0. The molecule has 0 aliphatic carbocycles. The average molecular weight is 398 g/mol. The smallest absolute Gasteiger partial charge is 0.373 e. The molecule has 148 valence electrons. The highest BCUT2D eigenvalue weighted by Crippen LogP contribution is 2.38. The van der Waals surface area contributed by atoms with Crippen LogP contribution in [0.5, 0.6) is 11.6 Å². The summed E-state index contributed by atoms with van der Waals surface area (Å²) in [4.78, 5) is 21.7. The van der Waals surface area contributed by atoms with Crippen molar-refractivity contribution in [2.24, 2.45) is 0 Å². The largest absolute Gasteiger partial charge is 0.434 e. The van der Waals surface area contributed by atoms with Crippen LogP contribution in [0.1, 0.15) is 11.1 Å². The summed E-state index contributed by atoms with van der Waals surface area (Å²) in [6.07, 6.45) is 2.12. The van der Waals surface area contributed by atoms with Crippen LogP contribution in [-0.2, 0) is 13.0 Å². The lowest BCUT2D eigenvalue weighted by atomic mass is 10.00. The van der Waals surface area contributed by atoms with Crippen molar-refractivity contribution < 1.29 is 9.66 Å². The number of nitro groups is 1. The molecule has 0 amide bonds. The second kappa shape index (κ2) is 7.44. The number of ether oxygens (including phenoxy) is 1. The SMILES string of the molecule is O=[N+]([O-])c1c(Oc2ccc3ccccc3c2)ncnc1N1CCc2ccccc2C1. The van der Waals surface area contributed by atoms with Gasteiger partial charge in [0.2, 0.25) is 5.82 Å². The highest BCUT2D eigenvalue weighted by atomic mass is 16.6. The van der Waals surface area contributed by atoms with Gasteiger partial charge in [-0.3, -0.25) is 10.1 Å². The Hall–Kier alpha value is -4.00. The Morgan fingerprint density at radius 2 is 1.70 bits per heavy atom. The summed E-state index contributed by atoms with van der Waals surface area (Å²) in [6, 6.07) is 21.5. The monoisotopic (exact) mass is 398 g/mol. The minimum Gasteiger partial charge on any atom is -0.434 e. The van der Waals surface area contributed by atoms with Gasteiger partial charge in [0.15, 0.2) is 0 Å². The number of fused-ring (bicyclic) bond motifs is 2. The minimum atomic E-state index is -0.466. The third kappa shape index (κ3) is 3.30. The Balaban J connectivity index is 1.51. The zero-order valence-electron chi connectivity index (χ0n) is 16.1. The summed E-state index contributed by atoms with van der Waals surface area (Å²) in [5.41, 5.74) is 2.19. The zero-order chi connectivity index (χ0) is 20.5. The highest BCUT2D eigenvalue weighted by molar-refractivity contribution is 5.83. The number of nitrogens with zero attached hydrogens (tertiary/aromatic N) is 4. The van der Waals surface area contributed by atoms with Gasteiger partial charge in [0.1, 0.15) is 12.1 Å². The first-order chi connectivity index (χ1) is 14.7. The van der Waals surface area contributed by atoms with Crippen LogP contribution in [0.25, 0.3) is 10.8 Å². The van der Waals surface area contributed by atoms with E-state index in [4.69, 9.17) is 4.74 Å². The fourth-order valence-corrected chi connectivity index (χ4v) is 3.84. The van der Waals surface area contributed by atoms with Crippen molar-refractivity contribution in [3.63, 3.8) is 0 Å². The fraction of sp³-hybridized carbons (Fsp3) is 0.130. The second-order valence-electron chi connectivity index (χ2n) is 7.16. The quantitative estimate of drug-likeness (QED) is 0.359. The van der Waals surface area contributed by atoms with Crippen molar-refractivity contribution in [1.29, 1.82) is 0 Å². The Labute approximate surface area is 172 Å². The molecule has 5 rings (SSSR count). The molecule has 1 aliphatic rings. The summed E-state index contributed by atoms with van der Waals surface area (Å²) >= 11 is 0. The van der Waals surface area contributed by atoms with E-state index in [-0.39, 0.29) is 17.4 Å². The topological polar surface area (TPSA) is 81.4 Å². The van der Waals surface area contributed by atoms with Gasteiger partial charge in [0.05, 0.1) is 4.92 Å². The second-order valence-corrected chi connectivity index (χ2v) is 7.16. The van der Waals surface area contributed by atoms with Crippen LogP contribution in [0.2, 0.25) is 0 Å². The molecule has 0 radical (unpaired) electrons. The predicted octanol–water partition coefficient (Wildman–Crippen LogP) is 4.89. The summed E-state index contributed by atoms with van der Waals surface area (Å²) in [6.45, 7) is 1.20. The van der Waals surface area contributed by atoms with Gasteiger partial charge in [0, 0.05) is 13.1 Å². The van der Waals surface area contributed by atoms with E-state index in [0.717, 1.165) is 22.8 Å². The molecule has 0 atom stereocenters. The van der Waals surface area contributed by atoms with Crippen LogP contribution in [0.4, 0.5) is 11.5 Å². The van der Waals surface area contributed by atoms with Gasteiger partial charge in [-0.05, 0) is 40.5 Å². The molecule has 0 N–H and O–H groups in total. The zero-order valence-corrected chi connectivity index (χ0v) is 16.1. The van der Waals surface area contributed by atoms with Gasteiger partial charge in [-0.2, -0.15) is 4.98 Å². The molecule has 0 spiro atoms. The summed E-state index contributed by atoms with van der Waals surface area (Å²) < 4.78 is 5.86. The van der Waals surface area contributed by atoms with Gasteiger partial charge in [-0.25, -0.2) is 4.98 Å². The number of aromatic nitrogens is 2. The Morgan fingerprint density at radius 3 is 2.53 bits per heavy atom. The first-order valence-electron chi connectivity index (χ1n) is 9.67. The maximum Gasteiger partial charge on any atom is 0.373 e. The number of hydrogen-bond donors (Lipinski definition) is 0. The van der Waals surface area contributed by atoms with E-state index in [1.807, 2.05) is 59.5 Å². The van der Waals surface area contributed by atoms with Crippen molar-refractivity contribution >= 4 is 22.3 Å². The average Bonchev–Trinajstić information content (AvgIpc) is 2.78. The fourth-order valence-electron chi connectivity index (χ4n) is 3.84. The number of benzene rings is 3. The first-order valence-corrected chi connectivity index (χ1v) is 9.67. The van der Waals surface area contributed by atoms with Crippen LogP contribution < -0.4 is 9.64 Å². The van der Waals surface area contributed by atoms with Gasteiger partial charge < -0.3 is 9.64 Å². The molecule has 0 fully saturated rings. The molecule has 7 nitrogen and oxygen atoms in total. The molecule has 3 aromatic carbocycles. The molecule has 0 saturated heterocycles. The van der Waals surface area contributed by atoms with Crippen LogP contribution in [0, 0.1) is 10.1 Å². The number of hydrogen-bond acceptors (Lipinski definition) is 6. The van der Waals surface area contributed by atoms with Crippen molar-refractivity contribution in [3.8, 4) is 11.6 Å². The molecular weight excluding hydrogens is 380 g/mol. The lowest BCUT2D eigenvalue weighted by molar-refractivity contribution is -0.385. The van der Waals surface area contributed by atoms with Crippen molar-refractivity contribution in [2.45, 2.75) is 13.0 Å². The third-order valence-electron chi connectivity index (χ3n) is 5.32. The lowest BCUT2D eigenvalue weighted by Crippen LogP contribution is -2.31. The Kier molecular flexibility index (Phi) is 4.48. The van der Waals surface area contributed by atoms with E-state index in [1.165, 1.54) is 11.9 Å². The van der Waals surface area contributed by atoms with Crippen LogP contribution >= 0.6 is 0 Å². The summed E-state index contributed by atoms with van der Waals surface area (Å²) in [7, 11) is 0.